The van der Waals surface area contributed by atoms with E-state index in [9.17, 15) is 4.79 Å². The zero-order valence-corrected chi connectivity index (χ0v) is 10.3. The van der Waals surface area contributed by atoms with Crippen molar-refractivity contribution in [3.05, 3.63) is 0 Å². The van der Waals surface area contributed by atoms with Crippen molar-refractivity contribution in [2.75, 3.05) is 0 Å². The quantitative estimate of drug-likeness (QED) is 0.642. The summed E-state index contributed by atoms with van der Waals surface area (Å²) in [6, 6.07) is 0. The lowest BCUT2D eigenvalue weighted by Crippen LogP contribution is -2.39. The van der Waals surface area contributed by atoms with Gasteiger partial charge in [-0.05, 0) is 49.9 Å². The summed E-state index contributed by atoms with van der Waals surface area (Å²) in [5.41, 5.74) is 0. The number of fused-ring (bicyclic) bond motifs is 1. The zero-order valence-electron chi connectivity index (χ0n) is 10.3. The Morgan fingerprint density at radius 1 is 1.00 bits per heavy atom. The van der Waals surface area contributed by atoms with Crippen molar-refractivity contribution >= 4 is 5.78 Å². The highest BCUT2D eigenvalue weighted by Crippen LogP contribution is 2.48. The van der Waals surface area contributed by atoms with Gasteiger partial charge < -0.3 is 0 Å². The molecule has 1 heteroatoms. The predicted molar refractivity (Wildman–Crippen MR) is 62.6 cm³/mol. The van der Waals surface area contributed by atoms with Gasteiger partial charge in [0.2, 0.25) is 0 Å². The first kappa shape index (κ1) is 11.2. The fourth-order valence-electron chi connectivity index (χ4n) is 4.02. The van der Waals surface area contributed by atoms with E-state index in [1.54, 1.807) is 6.92 Å². The van der Waals surface area contributed by atoms with Crippen LogP contribution in [0.25, 0.3) is 0 Å². The molecule has 2 saturated carbocycles. The molecule has 0 bridgehead atoms. The molecule has 2 fully saturated rings. The first-order chi connectivity index (χ1) is 7.09. The van der Waals surface area contributed by atoms with E-state index in [4.69, 9.17) is 0 Å². The van der Waals surface area contributed by atoms with Crippen LogP contribution in [-0.2, 0) is 4.79 Å². The molecule has 15 heavy (non-hydrogen) atoms. The smallest absolute Gasteiger partial charge is 0.132 e. The Labute approximate surface area is 93.6 Å². The summed E-state index contributed by atoms with van der Waals surface area (Å²) in [6.45, 7) is 6.54. The van der Waals surface area contributed by atoms with Crippen LogP contribution >= 0.6 is 0 Å². The van der Waals surface area contributed by atoms with Crippen LogP contribution in [0.4, 0.5) is 0 Å². The molecule has 2 aliphatic carbocycles. The third-order valence-electron chi connectivity index (χ3n) is 5.00. The van der Waals surface area contributed by atoms with Crippen LogP contribution in [0.1, 0.15) is 52.9 Å². The van der Waals surface area contributed by atoms with Crippen molar-refractivity contribution < 1.29 is 4.79 Å². The summed E-state index contributed by atoms with van der Waals surface area (Å²) in [5, 5.41) is 0. The van der Waals surface area contributed by atoms with Gasteiger partial charge in [-0.3, -0.25) is 4.79 Å². The highest BCUT2D eigenvalue weighted by Gasteiger charge is 2.40. The fraction of sp³-hybridized carbons (Fsp3) is 0.929. The summed E-state index contributed by atoms with van der Waals surface area (Å²) >= 11 is 0. The number of hydrogen-bond donors (Lipinski definition) is 0. The Morgan fingerprint density at radius 3 is 2.40 bits per heavy atom. The Kier molecular flexibility index (Phi) is 3.18. The van der Waals surface area contributed by atoms with Gasteiger partial charge in [0, 0.05) is 5.92 Å². The van der Waals surface area contributed by atoms with Crippen molar-refractivity contribution in [1.29, 1.82) is 0 Å². The fourth-order valence-corrected chi connectivity index (χ4v) is 4.02. The molecule has 0 N–H and O–H groups in total. The van der Waals surface area contributed by atoms with Crippen molar-refractivity contribution in [1.82, 2.24) is 0 Å². The highest BCUT2D eigenvalue weighted by molar-refractivity contribution is 5.78. The molecule has 2 unspecified atom stereocenters. The van der Waals surface area contributed by atoms with Gasteiger partial charge in [0.25, 0.3) is 0 Å². The minimum Gasteiger partial charge on any atom is -0.300 e. The normalized spacial score (nSPS) is 45.9. The molecule has 2 rings (SSSR count). The molecule has 5 atom stereocenters. The lowest BCUT2D eigenvalue weighted by atomic mass is 9.59. The van der Waals surface area contributed by atoms with Crippen LogP contribution in [0, 0.1) is 29.6 Å². The molecule has 0 aliphatic heterocycles. The van der Waals surface area contributed by atoms with Crippen LogP contribution < -0.4 is 0 Å². The number of hydrogen-bond acceptors (Lipinski definition) is 1. The largest absolute Gasteiger partial charge is 0.300 e. The van der Waals surface area contributed by atoms with Crippen LogP contribution in [0.5, 0.6) is 0 Å². The highest BCUT2D eigenvalue weighted by atomic mass is 16.1. The van der Waals surface area contributed by atoms with Crippen LogP contribution in [-0.4, -0.2) is 5.78 Å². The van der Waals surface area contributed by atoms with E-state index < -0.39 is 0 Å². The van der Waals surface area contributed by atoms with Crippen molar-refractivity contribution in [2.45, 2.75) is 52.9 Å². The second-order valence-corrected chi connectivity index (χ2v) is 5.99. The topological polar surface area (TPSA) is 17.1 Å². The molecule has 2 aliphatic rings. The second kappa shape index (κ2) is 4.27. The molecular weight excluding hydrogens is 184 g/mol. The third kappa shape index (κ3) is 2.11. The summed E-state index contributed by atoms with van der Waals surface area (Å²) in [4.78, 5) is 11.5. The minimum atomic E-state index is 0.377. The van der Waals surface area contributed by atoms with Crippen molar-refractivity contribution in [3.8, 4) is 0 Å². The van der Waals surface area contributed by atoms with Crippen LogP contribution in [0.2, 0.25) is 0 Å². The maximum absolute atomic E-state index is 11.5. The van der Waals surface area contributed by atoms with Crippen molar-refractivity contribution in [2.24, 2.45) is 29.6 Å². The number of carbonyl (C=O) groups is 1. The van der Waals surface area contributed by atoms with Gasteiger partial charge >= 0.3 is 0 Å². The Balaban J connectivity index is 2.10. The minimum absolute atomic E-state index is 0.377. The average Bonchev–Trinajstić information content (AvgIpc) is 2.19. The zero-order chi connectivity index (χ0) is 11.0. The van der Waals surface area contributed by atoms with E-state index >= 15 is 0 Å². The van der Waals surface area contributed by atoms with E-state index in [0.29, 0.717) is 11.7 Å². The van der Waals surface area contributed by atoms with Gasteiger partial charge in [0.15, 0.2) is 0 Å². The third-order valence-corrected chi connectivity index (χ3v) is 5.00. The van der Waals surface area contributed by atoms with Crippen molar-refractivity contribution in [3.63, 3.8) is 0 Å². The van der Waals surface area contributed by atoms with Crippen LogP contribution in [0.15, 0.2) is 0 Å². The van der Waals surface area contributed by atoms with Gasteiger partial charge in [-0.2, -0.15) is 0 Å². The number of rotatable bonds is 1. The van der Waals surface area contributed by atoms with Gasteiger partial charge in [-0.25, -0.2) is 0 Å². The molecule has 0 saturated heterocycles. The summed E-state index contributed by atoms with van der Waals surface area (Å²) in [6.07, 6.45) is 6.56. The molecule has 0 aromatic rings. The molecule has 86 valence electrons. The molecular formula is C14H24O. The number of carbonyl (C=O) groups excluding carboxylic acids is 1. The first-order valence-corrected chi connectivity index (χ1v) is 6.60. The maximum atomic E-state index is 11.5. The lowest BCUT2D eigenvalue weighted by molar-refractivity contribution is -0.124. The molecule has 1 nitrogen and oxygen atoms in total. The molecule has 0 amide bonds. The van der Waals surface area contributed by atoms with Gasteiger partial charge in [-0.1, -0.05) is 26.7 Å². The monoisotopic (exact) mass is 208 g/mol. The molecule has 0 aromatic carbocycles. The molecule has 0 radical (unpaired) electrons. The standard InChI is InChI=1S/C14H24O/c1-9-5-4-6-13-10(2)7-12(11(3)15)8-14(9)13/h9-10,12-14H,4-8H2,1-3H3/t9-,10-,12-,13?,14?/m0/s1. The average molecular weight is 208 g/mol. The van der Waals surface area contributed by atoms with Gasteiger partial charge in [-0.15, -0.1) is 0 Å². The number of ketones is 1. The molecule has 0 aromatic heterocycles. The first-order valence-electron chi connectivity index (χ1n) is 6.60. The van der Waals surface area contributed by atoms with E-state index in [-0.39, 0.29) is 0 Å². The Hall–Kier alpha value is -0.330. The SMILES string of the molecule is CC(=O)[C@@H]1CC2C(CCC[C@@H]2C)[C@@H](C)C1. The van der Waals surface area contributed by atoms with E-state index in [2.05, 4.69) is 13.8 Å². The summed E-state index contributed by atoms with van der Waals surface area (Å²) in [7, 11) is 0. The van der Waals surface area contributed by atoms with E-state index in [1.807, 2.05) is 0 Å². The summed E-state index contributed by atoms with van der Waals surface area (Å²) < 4.78 is 0. The maximum Gasteiger partial charge on any atom is 0.132 e. The van der Waals surface area contributed by atoms with E-state index in [0.717, 1.165) is 30.1 Å². The van der Waals surface area contributed by atoms with Crippen LogP contribution in [0.3, 0.4) is 0 Å². The Morgan fingerprint density at radius 2 is 1.73 bits per heavy atom. The predicted octanol–water partition coefficient (Wildman–Crippen LogP) is 3.67. The molecule has 0 spiro atoms. The van der Waals surface area contributed by atoms with E-state index in [1.165, 1.54) is 25.7 Å². The van der Waals surface area contributed by atoms with Gasteiger partial charge in [0.05, 0.1) is 0 Å². The Bertz CT molecular complexity index is 246. The van der Waals surface area contributed by atoms with Gasteiger partial charge in [0.1, 0.15) is 5.78 Å². The number of Topliss-reactive ketones (excluding diaryl/α,β-unsaturated/α-hetero) is 1. The lowest BCUT2D eigenvalue weighted by Gasteiger charge is -2.46. The second-order valence-electron chi connectivity index (χ2n) is 5.99. The summed E-state index contributed by atoms with van der Waals surface area (Å²) in [5.74, 6) is 4.20. The molecule has 0 heterocycles.